The van der Waals surface area contributed by atoms with E-state index in [2.05, 4.69) is 128 Å². The van der Waals surface area contributed by atoms with Gasteiger partial charge in [-0.25, -0.2) is 0 Å². The molecule has 0 aliphatic carbocycles. The minimum atomic E-state index is 1.11. The lowest BCUT2D eigenvalue weighted by Gasteiger charge is -2.19. The van der Waals surface area contributed by atoms with Crippen LogP contribution in [0.4, 0.5) is 0 Å². The first-order chi connectivity index (χ1) is 19.7. The van der Waals surface area contributed by atoms with Gasteiger partial charge in [-0.15, -0.1) is 0 Å². The highest BCUT2D eigenvalue weighted by molar-refractivity contribution is 6.21. The second-order valence-corrected chi connectivity index (χ2v) is 10.8. The third-order valence-corrected chi connectivity index (χ3v) is 8.15. The number of hydrogen-bond acceptors (Lipinski definition) is 1. The Morgan fingerprint density at radius 1 is 0.550 bits per heavy atom. The maximum absolute atomic E-state index is 4.34. The van der Waals surface area contributed by atoms with Gasteiger partial charge in [-0.1, -0.05) is 116 Å². The van der Waals surface area contributed by atoms with Gasteiger partial charge in [0.25, 0.3) is 0 Å². The molecule has 7 aromatic rings. The number of nitrogens with zero attached hydrogens (tertiary/aromatic N) is 1. The maximum atomic E-state index is 4.34. The number of rotatable bonds is 5. The number of aromatic nitrogens is 1. The molecule has 0 aliphatic heterocycles. The molecule has 1 nitrogen and oxygen atoms in total. The van der Waals surface area contributed by atoms with Gasteiger partial charge in [0.2, 0.25) is 0 Å². The highest BCUT2D eigenvalue weighted by Gasteiger charge is 2.17. The Kier molecular flexibility index (Phi) is 6.13. The topological polar surface area (TPSA) is 12.9 Å². The maximum Gasteiger partial charge on any atom is 0.0346 e. The highest BCUT2D eigenvalue weighted by atomic mass is 14.6. The molecule has 0 fully saturated rings. The summed E-state index contributed by atoms with van der Waals surface area (Å²) in [5.74, 6) is 0. The fraction of sp³-hybridized carbons (Fsp3) is 0.103. The Labute approximate surface area is 235 Å². The molecule has 0 N–H and O–H groups in total. The summed E-state index contributed by atoms with van der Waals surface area (Å²) in [7, 11) is 0. The molecule has 192 valence electrons. The van der Waals surface area contributed by atoms with Gasteiger partial charge in [0.05, 0.1) is 0 Å². The third-order valence-electron chi connectivity index (χ3n) is 8.15. The first-order valence-corrected chi connectivity index (χ1v) is 14.2. The Balaban J connectivity index is 1.48. The number of aryl methyl sites for hydroxylation is 2. The monoisotopic (exact) mass is 513 g/mol. The van der Waals surface area contributed by atoms with Crippen molar-refractivity contribution in [2.75, 3.05) is 0 Å². The normalized spacial score (nSPS) is 11.4. The molecule has 0 saturated carbocycles. The van der Waals surface area contributed by atoms with Gasteiger partial charge in [0, 0.05) is 18.0 Å². The summed E-state index contributed by atoms with van der Waals surface area (Å²) in [5, 5.41) is 7.73. The number of benzene rings is 6. The Morgan fingerprint density at radius 2 is 1.18 bits per heavy atom. The standard InChI is InChI=1S/C39H31N/c1-3-9-27-15-16-28-17-18-30(24-32(28)23-27)39-36-13-6-4-11-34(36)38(35-12-5-7-14-37(35)39)29-19-20-33(26(2)22-29)31-10-8-21-40-25-31/h4-8,10-25H,3,9H2,1-2H3. The summed E-state index contributed by atoms with van der Waals surface area (Å²) in [6.07, 6.45) is 6.04. The van der Waals surface area contributed by atoms with E-state index in [0.29, 0.717) is 0 Å². The van der Waals surface area contributed by atoms with Crippen LogP contribution in [0.25, 0.3) is 65.7 Å². The fourth-order valence-electron chi connectivity index (χ4n) is 6.31. The fourth-order valence-corrected chi connectivity index (χ4v) is 6.31. The lowest BCUT2D eigenvalue weighted by atomic mass is 9.85. The average Bonchev–Trinajstić information content (AvgIpc) is 3.00. The zero-order valence-corrected chi connectivity index (χ0v) is 23.0. The van der Waals surface area contributed by atoms with Crippen molar-refractivity contribution in [1.29, 1.82) is 0 Å². The minimum Gasteiger partial charge on any atom is -0.264 e. The largest absolute Gasteiger partial charge is 0.264 e. The Hall–Kier alpha value is -4.75. The summed E-state index contributed by atoms with van der Waals surface area (Å²) in [5.41, 5.74) is 10.1. The zero-order valence-electron chi connectivity index (χ0n) is 23.0. The van der Waals surface area contributed by atoms with Crippen molar-refractivity contribution >= 4 is 32.3 Å². The molecule has 0 aliphatic rings. The van der Waals surface area contributed by atoms with Crippen LogP contribution in [0.15, 0.2) is 128 Å². The van der Waals surface area contributed by atoms with E-state index in [1.165, 1.54) is 71.3 Å². The van der Waals surface area contributed by atoms with Gasteiger partial charge in [0.15, 0.2) is 0 Å². The second kappa shape index (κ2) is 10.1. The van der Waals surface area contributed by atoms with E-state index in [4.69, 9.17) is 0 Å². The number of fused-ring (bicyclic) bond motifs is 3. The van der Waals surface area contributed by atoms with Crippen LogP contribution >= 0.6 is 0 Å². The summed E-state index contributed by atoms with van der Waals surface area (Å²) < 4.78 is 0. The van der Waals surface area contributed by atoms with E-state index >= 15 is 0 Å². The van der Waals surface area contributed by atoms with Crippen LogP contribution in [0.2, 0.25) is 0 Å². The lowest BCUT2D eigenvalue weighted by molar-refractivity contribution is 0.924. The molecular formula is C39H31N. The van der Waals surface area contributed by atoms with Crippen molar-refractivity contribution in [2.24, 2.45) is 0 Å². The summed E-state index contributed by atoms with van der Waals surface area (Å²) in [6, 6.07) is 42.6. The van der Waals surface area contributed by atoms with Gasteiger partial charge in [-0.2, -0.15) is 0 Å². The molecule has 0 unspecified atom stereocenters. The predicted octanol–water partition coefficient (Wildman–Crippen LogP) is 10.8. The molecule has 0 amide bonds. The molecule has 0 saturated heterocycles. The quantitative estimate of drug-likeness (QED) is 0.209. The van der Waals surface area contributed by atoms with Crippen LogP contribution in [-0.2, 0) is 6.42 Å². The van der Waals surface area contributed by atoms with Crippen LogP contribution < -0.4 is 0 Å². The van der Waals surface area contributed by atoms with Crippen molar-refractivity contribution in [1.82, 2.24) is 4.98 Å². The summed E-state index contributed by atoms with van der Waals surface area (Å²) in [4.78, 5) is 4.34. The van der Waals surface area contributed by atoms with Crippen molar-refractivity contribution in [3.8, 4) is 33.4 Å². The van der Waals surface area contributed by atoms with Crippen LogP contribution in [0, 0.1) is 6.92 Å². The van der Waals surface area contributed by atoms with E-state index in [9.17, 15) is 0 Å². The molecule has 0 radical (unpaired) electrons. The third kappa shape index (κ3) is 4.15. The molecule has 6 aromatic carbocycles. The molecule has 0 bridgehead atoms. The Bertz CT molecular complexity index is 1960. The van der Waals surface area contributed by atoms with Crippen LogP contribution in [0.3, 0.4) is 0 Å². The Morgan fingerprint density at radius 3 is 1.77 bits per heavy atom. The van der Waals surface area contributed by atoms with Crippen LogP contribution in [-0.4, -0.2) is 4.98 Å². The smallest absolute Gasteiger partial charge is 0.0346 e. The molecule has 0 spiro atoms. The first kappa shape index (κ1) is 24.3. The SMILES string of the molecule is CCCc1ccc2ccc(-c3c4ccccc4c(-c4ccc(-c5cccnc5)c(C)c4)c4ccccc34)cc2c1. The number of pyridine rings is 1. The van der Waals surface area contributed by atoms with Crippen molar-refractivity contribution in [2.45, 2.75) is 26.7 Å². The molecular weight excluding hydrogens is 482 g/mol. The van der Waals surface area contributed by atoms with Crippen molar-refractivity contribution < 1.29 is 0 Å². The van der Waals surface area contributed by atoms with Crippen LogP contribution in [0.5, 0.6) is 0 Å². The van der Waals surface area contributed by atoms with E-state index in [1.807, 2.05) is 18.5 Å². The van der Waals surface area contributed by atoms with Gasteiger partial charge < -0.3 is 0 Å². The van der Waals surface area contributed by atoms with Gasteiger partial charge in [0.1, 0.15) is 0 Å². The van der Waals surface area contributed by atoms with Gasteiger partial charge in [-0.05, 0) is 96.7 Å². The molecule has 1 heteroatoms. The predicted molar refractivity (Wildman–Crippen MR) is 172 cm³/mol. The minimum absolute atomic E-state index is 1.11. The molecule has 1 heterocycles. The number of hydrogen-bond donors (Lipinski definition) is 0. The first-order valence-electron chi connectivity index (χ1n) is 14.2. The summed E-state index contributed by atoms with van der Waals surface area (Å²) in [6.45, 7) is 4.45. The van der Waals surface area contributed by atoms with Crippen molar-refractivity contribution in [3.05, 3.63) is 139 Å². The zero-order chi connectivity index (χ0) is 27.1. The average molecular weight is 514 g/mol. The van der Waals surface area contributed by atoms with Crippen molar-refractivity contribution in [3.63, 3.8) is 0 Å². The van der Waals surface area contributed by atoms with E-state index in [-0.39, 0.29) is 0 Å². The van der Waals surface area contributed by atoms with E-state index < -0.39 is 0 Å². The van der Waals surface area contributed by atoms with Crippen LogP contribution in [0.1, 0.15) is 24.5 Å². The van der Waals surface area contributed by atoms with E-state index in [1.54, 1.807) is 0 Å². The second-order valence-electron chi connectivity index (χ2n) is 10.8. The molecule has 0 atom stereocenters. The molecule has 7 rings (SSSR count). The summed E-state index contributed by atoms with van der Waals surface area (Å²) >= 11 is 0. The van der Waals surface area contributed by atoms with Gasteiger partial charge >= 0.3 is 0 Å². The highest BCUT2D eigenvalue weighted by Crippen LogP contribution is 2.44. The molecule has 1 aromatic heterocycles. The van der Waals surface area contributed by atoms with E-state index in [0.717, 1.165) is 18.4 Å². The lowest BCUT2D eigenvalue weighted by Crippen LogP contribution is -1.92. The van der Waals surface area contributed by atoms with Gasteiger partial charge in [-0.3, -0.25) is 4.98 Å². The molecule has 40 heavy (non-hydrogen) atoms.